The lowest BCUT2D eigenvalue weighted by Gasteiger charge is -2.13. The second kappa shape index (κ2) is 6.04. The van der Waals surface area contributed by atoms with Gasteiger partial charge < -0.3 is 5.32 Å². The zero-order valence-corrected chi connectivity index (χ0v) is 11.7. The third-order valence-corrected chi connectivity index (χ3v) is 3.04. The largest absolute Gasteiger partial charge is 0.307 e. The molecule has 0 saturated carbocycles. The first-order chi connectivity index (χ1) is 9.54. The predicted octanol–water partition coefficient (Wildman–Crippen LogP) is 2.31. The number of nitrogens with one attached hydrogen (secondary N) is 1. The van der Waals surface area contributed by atoms with E-state index in [-0.39, 0.29) is 17.3 Å². The molecular weight excluding hydrogens is 264 g/mol. The van der Waals surface area contributed by atoms with Gasteiger partial charge in [-0.3, -0.25) is 0 Å². The van der Waals surface area contributed by atoms with Crippen molar-refractivity contribution >= 4 is 0 Å². The maximum absolute atomic E-state index is 14.0. The maximum atomic E-state index is 14.0. The van der Waals surface area contributed by atoms with Crippen molar-refractivity contribution in [3.8, 4) is 5.69 Å². The van der Waals surface area contributed by atoms with E-state index >= 15 is 0 Å². The highest BCUT2D eigenvalue weighted by Gasteiger charge is 2.18. The van der Waals surface area contributed by atoms with Gasteiger partial charge in [-0.1, -0.05) is 6.92 Å². The summed E-state index contributed by atoms with van der Waals surface area (Å²) in [5.41, 5.74) is 0.260. The topological polar surface area (TPSA) is 55.6 Å². The lowest BCUT2D eigenvalue weighted by molar-refractivity contribution is 0.521. The fourth-order valence-corrected chi connectivity index (χ4v) is 1.89. The molecule has 2 aromatic rings. The highest BCUT2D eigenvalue weighted by atomic mass is 19.1. The minimum absolute atomic E-state index is 0.0123. The van der Waals surface area contributed by atoms with Crippen molar-refractivity contribution in [1.29, 1.82) is 0 Å². The molecule has 0 amide bonds. The van der Waals surface area contributed by atoms with Gasteiger partial charge in [0.05, 0.1) is 6.04 Å². The van der Waals surface area contributed by atoms with Gasteiger partial charge in [0.1, 0.15) is 17.3 Å². The second-order valence-corrected chi connectivity index (χ2v) is 4.68. The smallest absolute Gasteiger partial charge is 0.173 e. The van der Waals surface area contributed by atoms with Gasteiger partial charge in [0.15, 0.2) is 5.82 Å². The van der Waals surface area contributed by atoms with Gasteiger partial charge in [-0.05, 0) is 48.9 Å². The van der Waals surface area contributed by atoms with Crippen molar-refractivity contribution in [1.82, 2.24) is 25.5 Å². The summed E-state index contributed by atoms with van der Waals surface area (Å²) in [6.45, 7) is 6.21. The average molecular weight is 281 g/mol. The van der Waals surface area contributed by atoms with Gasteiger partial charge in [-0.2, -0.15) is 4.68 Å². The molecule has 0 saturated heterocycles. The van der Waals surface area contributed by atoms with E-state index in [2.05, 4.69) is 20.8 Å². The van der Waals surface area contributed by atoms with Crippen molar-refractivity contribution in [3.63, 3.8) is 0 Å². The Morgan fingerprint density at radius 2 is 2.05 bits per heavy atom. The number of tetrazole rings is 1. The van der Waals surface area contributed by atoms with E-state index in [0.717, 1.165) is 25.1 Å². The lowest BCUT2D eigenvalue weighted by atomic mass is 10.2. The monoisotopic (exact) mass is 281 g/mol. The first-order valence-corrected chi connectivity index (χ1v) is 6.52. The molecule has 1 N–H and O–H groups in total. The van der Waals surface area contributed by atoms with Crippen LogP contribution in [-0.2, 0) is 0 Å². The Kier molecular flexibility index (Phi) is 4.39. The molecule has 108 valence electrons. The number of nitrogens with zero attached hydrogens (tertiary/aromatic N) is 4. The summed E-state index contributed by atoms with van der Waals surface area (Å²) in [5.74, 6) is -0.599. The molecule has 7 heteroatoms. The minimum Gasteiger partial charge on any atom is -0.307 e. The molecule has 20 heavy (non-hydrogen) atoms. The number of benzene rings is 1. The average Bonchev–Trinajstić information content (AvgIpc) is 2.89. The Morgan fingerprint density at radius 3 is 2.75 bits per heavy atom. The number of aryl methyl sites for hydroxylation is 1. The maximum Gasteiger partial charge on any atom is 0.173 e. The van der Waals surface area contributed by atoms with Crippen molar-refractivity contribution in [2.45, 2.75) is 33.2 Å². The molecule has 0 spiro atoms. The molecule has 0 bridgehead atoms. The van der Waals surface area contributed by atoms with Crippen LogP contribution in [0.15, 0.2) is 12.1 Å². The van der Waals surface area contributed by atoms with Crippen LogP contribution in [0.2, 0.25) is 0 Å². The Hall–Kier alpha value is -1.89. The predicted molar refractivity (Wildman–Crippen MR) is 70.5 cm³/mol. The summed E-state index contributed by atoms with van der Waals surface area (Å²) in [5, 5.41) is 14.4. The van der Waals surface area contributed by atoms with Crippen LogP contribution >= 0.6 is 0 Å². The van der Waals surface area contributed by atoms with E-state index in [4.69, 9.17) is 0 Å². The minimum atomic E-state index is -0.555. The normalized spacial score (nSPS) is 12.7. The number of hydrogen-bond acceptors (Lipinski definition) is 4. The van der Waals surface area contributed by atoms with Crippen LogP contribution in [0.25, 0.3) is 5.69 Å². The third kappa shape index (κ3) is 2.82. The molecule has 1 atom stereocenters. The molecule has 1 aromatic carbocycles. The van der Waals surface area contributed by atoms with Crippen molar-refractivity contribution in [3.05, 3.63) is 35.2 Å². The molecule has 1 unspecified atom stereocenters. The van der Waals surface area contributed by atoms with Crippen molar-refractivity contribution in [2.24, 2.45) is 0 Å². The van der Waals surface area contributed by atoms with Crippen LogP contribution in [0, 0.1) is 18.6 Å². The SMILES string of the molecule is CCCNC(C)c1nnnn1-c1cc(F)c(C)cc1F. The molecule has 1 aromatic heterocycles. The fraction of sp³-hybridized carbons (Fsp3) is 0.462. The van der Waals surface area contributed by atoms with Crippen LogP contribution in [0.3, 0.4) is 0 Å². The zero-order valence-electron chi connectivity index (χ0n) is 11.7. The van der Waals surface area contributed by atoms with Gasteiger partial charge in [0.2, 0.25) is 0 Å². The summed E-state index contributed by atoms with van der Waals surface area (Å²) in [6.07, 6.45) is 0.958. The molecule has 0 aliphatic carbocycles. The van der Waals surface area contributed by atoms with E-state index in [0.29, 0.717) is 5.82 Å². The zero-order chi connectivity index (χ0) is 14.7. The molecule has 1 heterocycles. The highest BCUT2D eigenvalue weighted by Crippen LogP contribution is 2.20. The van der Waals surface area contributed by atoms with E-state index in [1.165, 1.54) is 11.6 Å². The van der Waals surface area contributed by atoms with Crippen molar-refractivity contribution < 1.29 is 8.78 Å². The Bertz CT molecular complexity index is 596. The number of halogens is 2. The van der Waals surface area contributed by atoms with Gasteiger partial charge >= 0.3 is 0 Å². The van der Waals surface area contributed by atoms with Crippen LogP contribution in [0.1, 0.15) is 37.7 Å². The molecular formula is C13H17F2N5. The number of rotatable bonds is 5. The summed E-state index contributed by atoms with van der Waals surface area (Å²) in [4.78, 5) is 0. The lowest BCUT2D eigenvalue weighted by Crippen LogP contribution is -2.23. The molecule has 0 aliphatic heterocycles. The van der Waals surface area contributed by atoms with Crippen LogP contribution < -0.4 is 5.32 Å². The van der Waals surface area contributed by atoms with E-state index in [9.17, 15) is 8.78 Å². The van der Waals surface area contributed by atoms with Gasteiger partial charge in [0.25, 0.3) is 0 Å². The van der Waals surface area contributed by atoms with Gasteiger partial charge in [0, 0.05) is 6.07 Å². The summed E-state index contributed by atoms with van der Waals surface area (Å²) in [7, 11) is 0. The van der Waals surface area contributed by atoms with Crippen molar-refractivity contribution in [2.75, 3.05) is 6.54 Å². The van der Waals surface area contributed by atoms with E-state index in [1.54, 1.807) is 0 Å². The molecule has 0 aliphatic rings. The van der Waals surface area contributed by atoms with E-state index in [1.807, 2.05) is 13.8 Å². The Balaban J connectivity index is 2.39. The van der Waals surface area contributed by atoms with Gasteiger partial charge in [-0.25, -0.2) is 8.78 Å². The first-order valence-electron chi connectivity index (χ1n) is 6.52. The number of aromatic nitrogens is 4. The fourth-order valence-electron chi connectivity index (χ4n) is 1.89. The quantitative estimate of drug-likeness (QED) is 0.913. The Morgan fingerprint density at radius 1 is 1.30 bits per heavy atom. The number of hydrogen-bond donors (Lipinski definition) is 1. The van der Waals surface area contributed by atoms with Crippen LogP contribution in [0.4, 0.5) is 8.78 Å². The van der Waals surface area contributed by atoms with Crippen LogP contribution in [0.5, 0.6) is 0 Å². The molecule has 5 nitrogen and oxygen atoms in total. The molecule has 2 rings (SSSR count). The first kappa shape index (κ1) is 14.5. The second-order valence-electron chi connectivity index (χ2n) is 4.68. The third-order valence-electron chi connectivity index (χ3n) is 3.04. The summed E-state index contributed by atoms with van der Waals surface area (Å²) in [6, 6.07) is 2.09. The Labute approximate surface area is 116 Å². The van der Waals surface area contributed by atoms with Gasteiger partial charge in [-0.15, -0.1) is 5.10 Å². The van der Waals surface area contributed by atoms with E-state index < -0.39 is 11.6 Å². The summed E-state index contributed by atoms with van der Waals surface area (Å²) >= 11 is 0. The molecule has 0 radical (unpaired) electrons. The summed E-state index contributed by atoms with van der Waals surface area (Å²) < 4.78 is 28.8. The highest BCUT2D eigenvalue weighted by molar-refractivity contribution is 5.37. The van der Waals surface area contributed by atoms with Crippen LogP contribution in [-0.4, -0.2) is 26.8 Å². The standard InChI is InChI=1S/C13H17F2N5/c1-4-5-16-9(3)13-17-18-19-20(13)12-7-10(14)8(2)6-11(12)15/h6-7,9,16H,4-5H2,1-3H3. The molecule has 0 fully saturated rings.